The van der Waals surface area contributed by atoms with E-state index in [-0.39, 0.29) is 17.3 Å². The molecule has 3 rings (SSSR count). The van der Waals surface area contributed by atoms with E-state index in [9.17, 15) is 4.79 Å². The molecular weight excluding hydrogens is 344 g/mol. The predicted octanol–water partition coefficient (Wildman–Crippen LogP) is 1.40. The van der Waals surface area contributed by atoms with Gasteiger partial charge in [-0.05, 0) is 35.1 Å². The number of thiophene rings is 1. The van der Waals surface area contributed by atoms with Gasteiger partial charge in [-0.2, -0.15) is 9.78 Å². The summed E-state index contributed by atoms with van der Waals surface area (Å²) in [6.07, 6.45) is 1.33. The van der Waals surface area contributed by atoms with E-state index in [0.717, 1.165) is 11.3 Å². The second kappa shape index (κ2) is 7.21. The van der Waals surface area contributed by atoms with Crippen LogP contribution >= 0.6 is 11.3 Å². The number of amides is 1. The highest BCUT2D eigenvalue weighted by atomic mass is 32.1. The van der Waals surface area contributed by atoms with Gasteiger partial charge in [0.05, 0.1) is 11.4 Å². The van der Waals surface area contributed by atoms with E-state index >= 15 is 0 Å². The molecule has 0 bridgehead atoms. The second-order valence-corrected chi connectivity index (χ2v) is 6.08. The van der Waals surface area contributed by atoms with E-state index in [1.54, 1.807) is 11.3 Å². The highest BCUT2D eigenvalue weighted by molar-refractivity contribution is 7.12. The number of rotatable bonds is 6. The molecule has 0 aliphatic rings. The van der Waals surface area contributed by atoms with Gasteiger partial charge in [0.1, 0.15) is 0 Å². The number of hydrogen-bond acceptors (Lipinski definition) is 9. The average Bonchev–Trinajstić information content (AvgIpc) is 3.33. The summed E-state index contributed by atoms with van der Waals surface area (Å²) in [4.78, 5) is 13.4. The van der Waals surface area contributed by atoms with Crippen molar-refractivity contribution in [2.24, 2.45) is 5.10 Å². The maximum Gasteiger partial charge on any atom is 0.293 e. The molecule has 3 N–H and O–H groups in total. The fourth-order valence-electron chi connectivity index (χ4n) is 2.17. The van der Waals surface area contributed by atoms with Crippen molar-refractivity contribution in [3.05, 3.63) is 33.8 Å². The van der Waals surface area contributed by atoms with Crippen LogP contribution in [0.1, 0.15) is 41.3 Å². The standard InChI is InChI=1S/C14H16N8O2S/c1-3-5-9-11(17-21-22(9)13-12(15)19-24-20-13)14(23)18-16-8(2)10-6-4-7-25-10/h4,6-7H,3,5H2,1-2H3,(H2,15,19)(H,18,23)/b16-8-. The summed E-state index contributed by atoms with van der Waals surface area (Å²) in [6, 6.07) is 3.84. The Kier molecular flexibility index (Phi) is 4.84. The van der Waals surface area contributed by atoms with Crippen LogP contribution in [-0.4, -0.2) is 36.9 Å². The Morgan fingerprint density at radius 3 is 2.96 bits per heavy atom. The molecule has 0 saturated carbocycles. The monoisotopic (exact) mass is 360 g/mol. The number of nitrogens with zero attached hydrogens (tertiary/aromatic N) is 6. The Bertz CT molecular complexity index is 896. The third-order valence-electron chi connectivity index (χ3n) is 3.36. The van der Waals surface area contributed by atoms with Gasteiger partial charge in [0.2, 0.25) is 11.6 Å². The van der Waals surface area contributed by atoms with Crippen molar-refractivity contribution in [1.29, 1.82) is 0 Å². The van der Waals surface area contributed by atoms with Crippen LogP contribution in [0.5, 0.6) is 0 Å². The van der Waals surface area contributed by atoms with Crippen LogP contribution in [0, 0.1) is 0 Å². The number of nitrogens with two attached hydrogens (primary N) is 1. The van der Waals surface area contributed by atoms with Crippen molar-refractivity contribution in [1.82, 2.24) is 30.7 Å². The van der Waals surface area contributed by atoms with Gasteiger partial charge in [-0.3, -0.25) is 4.79 Å². The van der Waals surface area contributed by atoms with Gasteiger partial charge in [0.15, 0.2) is 5.69 Å². The molecule has 3 aromatic heterocycles. The van der Waals surface area contributed by atoms with Crippen LogP contribution in [0.2, 0.25) is 0 Å². The molecule has 130 valence electrons. The minimum atomic E-state index is -0.458. The maximum absolute atomic E-state index is 12.5. The molecule has 0 aromatic carbocycles. The van der Waals surface area contributed by atoms with Crippen LogP contribution < -0.4 is 11.2 Å². The normalized spacial score (nSPS) is 11.7. The molecule has 0 aliphatic carbocycles. The van der Waals surface area contributed by atoms with Gasteiger partial charge in [-0.25, -0.2) is 10.1 Å². The summed E-state index contributed by atoms with van der Waals surface area (Å²) in [7, 11) is 0. The third-order valence-corrected chi connectivity index (χ3v) is 4.34. The maximum atomic E-state index is 12.5. The lowest BCUT2D eigenvalue weighted by atomic mass is 10.2. The topological polar surface area (TPSA) is 137 Å². The zero-order valence-electron chi connectivity index (χ0n) is 13.6. The van der Waals surface area contributed by atoms with Gasteiger partial charge < -0.3 is 5.73 Å². The van der Waals surface area contributed by atoms with Crippen LogP contribution in [-0.2, 0) is 6.42 Å². The van der Waals surface area contributed by atoms with Crippen LogP contribution in [0.4, 0.5) is 5.82 Å². The first-order valence-corrected chi connectivity index (χ1v) is 8.41. The van der Waals surface area contributed by atoms with Crippen molar-refractivity contribution in [2.45, 2.75) is 26.7 Å². The Labute approximate surface area is 146 Å². The van der Waals surface area contributed by atoms with Crippen molar-refractivity contribution < 1.29 is 9.42 Å². The zero-order chi connectivity index (χ0) is 17.8. The molecule has 0 aliphatic heterocycles. The number of anilines is 1. The summed E-state index contributed by atoms with van der Waals surface area (Å²) >= 11 is 1.54. The third kappa shape index (κ3) is 3.40. The Balaban J connectivity index is 1.86. The molecular formula is C14H16N8O2S. The molecule has 3 aromatic rings. The van der Waals surface area contributed by atoms with E-state index < -0.39 is 5.91 Å². The van der Waals surface area contributed by atoms with Crippen LogP contribution in [0.3, 0.4) is 0 Å². The fourth-order valence-corrected chi connectivity index (χ4v) is 2.85. The first-order valence-electron chi connectivity index (χ1n) is 7.53. The van der Waals surface area contributed by atoms with Crippen molar-refractivity contribution >= 4 is 28.8 Å². The SMILES string of the molecule is CCCc1c(C(=O)N/N=C(/C)c2cccs2)nnn1-c1nonc1N. The minimum Gasteiger partial charge on any atom is -0.378 e. The molecule has 25 heavy (non-hydrogen) atoms. The van der Waals surface area contributed by atoms with Crippen molar-refractivity contribution in [2.75, 3.05) is 5.73 Å². The molecule has 0 atom stereocenters. The number of aromatic nitrogens is 5. The number of nitrogens with one attached hydrogen (secondary N) is 1. The lowest BCUT2D eigenvalue weighted by Gasteiger charge is -2.04. The lowest BCUT2D eigenvalue weighted by molar-refractivity contribution is 0.0948. The Morgan fingerprint density at radius 2 is 2.32 bits per heavy atom. The lowest BCUT2D eigenvalue weighted by Crippen LogP contribution is -2.21. The summed E-state index contributed by atoms with van der Waals surface area (Å²) in [5.74, 6) is -0.185. The van der Waals surface area contributed by atoms with Crippen molar-refractivity contribution in [3.63, 3.8) is 0 Å². The quantitative estimate of drug-likeness (QED) is 0.500. The molecule has 0 fully saturated rings. The summed E-state index contributed by atoms with van der Waals surface area (Å²) < 4.78 is 5.95. The summed E-state index contributed by atoms with van der Waals surface area (Å²) in [5.41, 5.74) is 9.63. The number of nitrogen functional groups attached to an aromatic ring is 1. The van der Waals surface area contributed by atoms with Crippen LogP contribution in [0.15, 0.2) is 27.2 Å². The number of carbonyl (C=O) groups is 1. The molecule has 1 amide bonds. The largest absolute Gasteiger partial charge is 0.378 e. The van der Waals surface area contributed by atoms with Crippen LogP contribution in [0.25, 0.3) is 5.82 Å². The van der Waals surface area contributed by atoms with E-state index in [2.05, 4.69) is 35.8 Å². The summed E-state index contributed by atoms with van der Waals surface area (Å²) in [6.45, 7) is 3.79. The molecule has 0 radical (unpaired) electrons. The second-order valence-electron chi connectivity index (χ2n) is 5.14. The first-order chi connectivity index (χ1) is 12.1. The van der Waals surface area contributed by atoms with Gasteiger partial charge in [0.25, 0.3) is 5.91 Å². The van der Waals surface area contributed by atoms with Gasteiger partial charge in [0, 0.05) is 4.88 Å². The molecule has 11 heteroatoms. The van der Waals surface area contributed by atoms with Gasteiger partial charge in [-0.15, -0.1) is 16.4 Å². The molecule has 0 saturated heterocycles. The summed E-state index contributed by atoms with van der Waals surface area (Å²) in [5, 5.41) is 21.2. The Hall–Kier alpha value is -3.08. The zero-order valence-corrected chi connectivity index (χ0v) is 14.4. The highest BCUT2D eigenvalue weighted by Gasteiger charge is 2.23. The fraction of sp³-hybridized carbons (Fsp3) is 0.286. The van der Waals surface area contributed by atoms with E-state index in [1.165, 1.54) is 4.68 Å². The molecule has 0 spiro atoms. The smallest absolute Gasteiger partial charge is 0.293 e. The van der Waals surface area contributed by atoms with Gasteiger partial charge in [-0.1, -0.05) is 24.6 Å². The number of carbonyl (C=O) groups excluding carboxylic acids is 1. The minimum absolute atomic E-state index is 0.0702. The number of hydrazone groups is 1. The van der Waals surface area contributed by atoms with E-state index in [0.29, 0.717) is 17.8 Å². The number of hydrogen-bond donors (Lipinski definition) is 2. The predicted molar refractivity (Wildman–Crippen MR) is 91.6 cm³/mol. The molecule has 0 unspecified atom stereocenters. The van der Waals surface area contributed by atoms with Crippen molar-refractivity contribution in [3.8, 4) is 5.82 Å². The molecule has 10 nitrogen and oxygen atoms in total. The van der Waals surface area contributed by atoms with E-state index in [4.69, 9.17) is 5.73 Å². The Morgan fingerprint density at radius 1 is 1.48 bits per heavy atom. The van der Waals surface area contributed by atoms with Gasteiger partial charge >= 0.3 is 0 Å². The van der Waals surface area contributed by atoms with E-state index in [1.807, 2.05) is 31.4 Å². The average molecular weight is 360 g/mol. The first kappa shape index (κ1) is 16.8. The molecule has 3 heterocycles. The highest BCUT2D eigenvalue weighted by Crippen LogP contribution is 2.17.